The lowest BCUT2D eigenvalue weighted by Crippen LogP contribution is -2.42. The highest BCUT2D eigenvalue weighted by Gasteiger charge is 2.25. The molecule has 34 heavy (non-hydrogen) atoms. The minimum absolute atomic E-state index is 0.0472. The standard InChI is InChI=1S/C27H25F2N3O2/c28-19-10-11-25(22(29)18-19)34-21-14-16-31(17-15-21)27(33)13-12-26-30-23-8-4-5-9-24(23)32(26)20-6-2-1-3-7-20/h1-11,18,21H,12-17H2. The Kier molecular flexibility index (Phi) is 6.25. The molecule has 1 aliphatic rings. The number of rotatable bonds is 6. The van der Waals surface area contributed by atoms with E-state index in [1.165, 1.54) is 12.1 Å². The molecule has 5 rings (SSSR count). The molecule has 174 valence electrons. The lowest BCUT2D eigenvalue weighted by atomic mass is 10.1. The minimum atomic E-state index is -0.709. The number of hydrogen-bond donors (Lipinski definition) is 0. The number of ether oxygens (including phenoxy) is 1. The van der Waals surface area contributed by atoms with E-state index in [0.717, 1.165) is 28.6 Å². The zero-order valence-electron chi connectivity index (χ0n) is 18.7. The Labute approximate surface area is 196 Å². The number of aryl methyl sites for hydroxylation is 1. The molecule has 0 atom stereocenters. The number of benzene rings is 3. The molecule has 0 aliphatic carbocycles. The van der Waals surface area contributed by atoms with Crippen LogP contribution in [0.3, 0.4) is 0 Å². The summed E-state index contributed by atoms with van der Waals surface area (Å²) in [5, 5.41) is 0. The van der Waals surface area contributed by atoms with Gasteiger partial charge in [0.05, 0.1) is 11.0 Å². The summed E-state index contributed by atoms with van der Waals surface area (Å²) in [5.41, 5.74) is 2.94. The van der Waals surface area contributed by atoms with E-state index in [9.17, 15) is 13.6 Å². The Morgan fingerprint density at radius 3 is 2.47 bits per heavy atom. The topological polar surface area (TPSA) is 47.4 Å². The monoisotopic (exact) mass is 461 g/mol. The molecule has 0 bridgehead atoms. The van der Waals surface area contributed by atoms with Crippen molar-refractivity contribution in [2.75, 3.05) is 13.1 Å². The van der Waals surface area contributed by atoms with Crippen molar-refractivity contribution in [2.45, 2.75) is 31.8 Å². The number of carbonyl (C=O) groups excluding carboxylic acids is 1. The highest BCUT2D eigenvalue weighted by atomic mass is 19.1. The first-order chi connectivity index (χ1) is 16.6. The number of likely N-dealkylation sites (tertiary alicyclic amines) is 1. The zero-order valence-corrected chi connectivity index (χ0v) is 18.7. The van der Waals surface area contributed by atoms with Crippen LogP contribution >= 0.6 is 0 Å². The number of nitrogens with zero attached hydrogens (tertiary/aromatic N) is 3. The molecule has 0 saturated carbocycles. The second-order valence-electron chi connectivity index (χ2n) is 8.46. The smallest absolute Gasteiger partial charge is 0.223 e. The van der Waals surface area contributed by atoms with Crippen molar-refractivity contribution >= 4 is 16.9 Å². The molecule has 0 radical (unpaired) electrons. The average Bonchev–Trinajstić information content (AvgIpc) is 3.23. The fourth-order valence-electron chi connectivity index (χ4n) is 4.46. The third-order valence-corrected chi connectivity index (χ3v) is 6.19. The van der Waals surface area contributed by atoms with Crippen molar-refractivity contribution in [2.24, 2.45) is 0 Å². The predicted molar refractivity (Wildman–Crippen MR) is 126 cm³/mol. The molecule has 5 nitrogen and oxygen atoms in total. The molecule has 1 aromatic heterocycles. The number of carbonyl (C=O) groups is 1. The first-order valence-corrected chi connectivity index (χ1v) is 11.5. The summed E-state index contributed by atoms with van der Waals surface area (Å²) in [4.78, 5) is 19.6. The van der Waals surface area contributed by atoms with Gasteiger partial charge in [-0.05, 0) is 36.4 Å². The molecule has 1 fully saturated rings. The van der Waals surface area contributed by atoms with Crippen molar-refractivity contribution in [3.8, 4) is 11.4 Å². The van der Waals surface area contributed by atoms with Gasteiger partial charge in [-0.3, -0.25) is 9.36 Å². The third kappa shape index (κ3) is 4.64. The van der Waals surface area contributed by atoms with Gasteiger partial charge in [-0.1, -0.05) is 30.3 Å². The summed E-state index contributed by atoms with van der Waals surface area (Å²) in [6.07, 6.45) is 1.88. The van der Waals surface area contributed by atoms with Gasteiger partial charge in [0.25, 0.3) is 0 Å². The number of imidazole rings is 1. The van der Waals surface area contributed by atoms with Gasteiger partial charge in [0.2, 0.25) is 5.91 Å². The lowest BCUT2D eigenvalue weighted by molar-refractivity contribution is -0.133. The number of aromatic nitrogens is 2. The van der Waals surface area contributed by atoms with Crippen molar-refractivity contribution in [3.05, 3.63) is 90.3 Å². The molecular weight excluding hydrogens is 436 g/mol. The third-order valence-electron chi connectivity index (χ3n) is 6.19. The van der Waals surface area contributed by atoms with Crippen LogP contribution in [-0.4, -0.2) is 39.6 Å². The maximum atomic E-state index is 13.9. The first-order valence-electron chi connectivity index (χ1n) is 11.5. The fourth-order valence-corrected chi connectivity index (χ4v) is 4.46. The normalized spacial score (nSPS) is 14.5. The summed E-state index contributed by atoms with van der Waals surface area (Å²) in [6, 6.07) is 21.3. The maximum Gasteiger partial charge on any atom is 0.223 e. The molecule has 3 aromatic carbocycles. The summed E-state index contributed by atoms with van der Waals surface area (Å²) in [7, 11) is 0. The van der Waals surface area contributed by atoms with E-state index in [1.54, 1.807) is 0 Å². The number of piperidine rings is 1. The Morgan fingerprint density at radius 2 is 1.71 bits per heavy atom. The molecule has 4 aromatic rings. The van der Waals surface area contributed by atoms with Crippen LogP contribution in [0.15, 0.2) is 72.8 Å². The van der Waals surface area contributed by atoms with E-state index in [-0.39, 0.29) is 17.8 Å². The molecule has 0 unspecified atom stereocenters. The molecule has 7 heteroatoms. The van der Waals surface area contributed by atoms with Gasteiger partial charge >= 0.3 is 0 Å². The number of para-hydroxylation sites is 3. The van der Waals surface area contributed by atoms with Crippen LogP contribution in [0.1, 0.15) is 25.1 Å². The predicted octanol–water partition coefficient (Wildman–Crippen LogP) is 5.31. The number of hydrogen-bond acceptors (Lipinski definition) is 3. The molecule has 0 N–H and O–H groups in total. The van der Waals surface area contributed by atoms with Crippen LogP contribution < -0.4 is 4.74 Å². The van der Waals surface area contributed by atoms with E-state index in [4.69, 9.17) is 9.72 Å². The number of fused-ring (bicyclic) bond motifs is 1. The summed E-state index contributed by atoms with van der Waals surface area (Å²) >= 11 is 0. The van der Waals surface area contributed by atoms with Crippen LogP contribution in [0.2, 0.25) is 0 Å². The second-order valence-corrected chi connectivity index (χ2v) is 8.46. The second kappa shape index (κ2) is 9.63. The Hall–Kier alpha value is -3.74. The molecule has 0 spiro atoms. The van der Waals surface area contributed by atoms with E-state index in [1.807, 2.05) is 59.5 Å². The van der Waals surface area contributed by atoms with E-state index < -0.39 is 11.6 Å². The van der Waals surface area contributed by atoms with Gasteiger partial charge in [0, 0.05) is 50.5 Å². The van der Waals surface area contributed by atoms with Gasteiger partial charge < -0.3 is 9.64 Å². The molecule has 1 amide bonds. The van der Waals surface area contributed by atoms with Gasteiger partial charge in [-0.25, -0.2) is 13.8 Å². The Morgan fingerprint density at radius 1 is 0.971 bits per heavy atom. The van der Waals surface area contributed by atoms with Crippen molar-refractivity contribution in [1.82, 2.24) is 14.5 Å². The SMILES string of the molecule is O=C(CCc1nc2ccccc2n1-c1ccccc1)N1CCC(Oc2ccc(F)cc2F)CC1. The van der Waals surface area contributed by atoms with Crippen molar-refractivity contribution in [3.63, 3.8) is 0 Å². The van der Waals surface area contributed by atoms with Crippen molar-refractivity contribution in [1.29, 1.82) is 0 Å². The fraction of sp³-hybridized carbons (Fsp3) is 0.259. The van der Waals surface area contributed by atoms with E-state index in [0.29, 0.717) is 38.8 Å². The highest BCUT2D eigenvalue weighted by molar-refractivity contribution is 5.79. The van der Waals surface area contributed by atoms with E-state index in [2.05, 4.69) is 4.57 Å². The van der Waals surface area contributed by atoms with Gasteiger partial charge in [-0.2, -0.15) is 0 Å². The van der Waals surface area contributed by atoms with Crippen LogP contribution in [0.4, 0.5) is 8.78 Å². The van der Waals surface area contributed by atoms with Gasteiger partial charge in [0.15, 0.2) is 11.6 Å². The summed E-state index contributed by atoms with van der Waals surface area (Å²) < 4.78 is 34.8. The highest BCUT2D eigenvalue weighted by Crippen LogP contribution is 2.25. The molecule has 2 heterocycles. The van der Waals surface area contributed by atoms with Crippen LogP contribution in [-0.2, 0) is 11.2 Å². The summed E-state index contributed by atoms with van der Waals surface area (Å²) in [6.45, 7) is 1.09. The largest absolute Gasteiger partial charge is 0.487 e. The molecular formula is C27H25F2N3O2. The quantitative estimate of drug-likeness (QED) is 0.391. The van der Waals surface area contributed by atoms with Gasteiger partial charge in [0.1, 0.15) is 17.7 Å². The van der Waals surface area contributed by atoms with Crippen LogP contribution in [0.5, 0.6) is 5.75 Å². The Bertz CT molecular complexity index is 1300. The van der Waals surface area contributed by atoms with Crippen LogP contribution in [0, 0.1) is 11.6 Å². The first kappa shape index (κ1) is 22.1. The van der Waals surface area contributed by atoms with Crippen molar-refractivity contribution < 1.29 is 18.3 Å². The molecule has 1 aliphatic heterocycles. The minimum Gasteiger partial charge on any atom is -0.487 e. The van der Waals surface area contributed by atoms with Crippen LogP contribution in [0.25, 0.3) is 16.7 Å². The van der Waals surface area contributed by atoms with E-state index >= 15 is 0 Å². The zero-order chi connectivity index (χ0) is 23.5. The average molecular weight is 462 g/mol. The summed E-state index contributed by atoms with van der Waals surface area (Å²) in [5.74, 6) is -0.374. The number of halogens is 2. The Balaban J connectivity index is 1.22. The number of amides is 1. The lowest BCUT2D eigenvalue weighted by Gasteiger charge is -2.32. The molecule has 1 saturated heterocycles. The van der Waals surface area contributed by atoms with Gasteiger partial charge in [-0.15, -0.1) is 0 Å². The maximum absolute atomic E-state index is 13.9.